The summed E-state index contributed by atoms with van der Waals surface area (Å²) in [5.74, 6) is -1.38. The van der Waals surface area contributed by atoms with Gasteiger partial charge in [0.05, 0.1) is 11.6 Å². The van der Waals surface area contributed by atoms with Crippen molar-refractivity contribution in [1.82, 2.24) is 4.98 Å². The Morgan fingerprint density at radius 1 is 1.00 bits per heavy atom. The summed E-state index contributed by atoms with van der Waals surface area (Å²) in [6, 6.07) is 18.2. The van der Waals surface area contributed by atoms with Crippen LogP contribution in [0.15, 0.2) is 78.5 Å². The fourth-order valence-corrected chi connectivity index (χ4v) is 3.52. The van der Waals surface area contributed by atoms with Crippen molar-refractivity contribution < 1.29 is 14.7 Å². The van der Waals surface area contributed by atoms with Crippen LogP contribution in [0.4, 0.5) is 5.82 Å². The zero-order valence-corrected chi connectivity index (χ0v) is 16.3. The molecule has 0 aliphatic carbocycles. The fraction of sp³-hybridized carbons (Fsp3) is 0.0870. The quantitative estimate of drug-likeness (QED) is 0.391. The smallest absolute Gasteiger partial charge is 0.301 e. The Morgan fingerprint density at radius 2 is 1.69 bits per heavy atom. The number of aryl methyl sites for hydroxylation is 1. The Hall–Kier alpha value is -3.44. The van der Waals surface area contributed by atoms with Crippen LogP contribution in [0.5, 0.6) is 0 Å². The summed E-state index contributed by atoms with van der Waals surface area (Å²) < 4.78 is 0. The van der Waals surface area contributed by atoms with E-state index in [1.54, 1.807) is 60.8 Å². The van der Waals surface area contributed by atoms with Crippen molar-refractivity contribution in [3.05, 3.63) is 100 Å². The summed E-state index contributed by atoms with van der Waals surface area (Å²) in [5.41, 5.74) is 2.15. The lowest BCUT2D eigenvalue weighted by atomic mass is 9.95. The van der Waals surface area contributed by atoms with Gasteiger partial charge >= 0.3 is 5.91 Å². The van der Waals surface area contributed by atoms with E-state index in [0.29, 0.717) is 22.0 Å². The zero-order valence-electron chi connectivity index (χ0n) is 15.5. The minimum Gasteiger partial charge on any atom is -0.507 e. The molecule has 3 aromatic rings. The zero-order chi connectivity index (χ0) is 20.5. The number of hydrogen-bond donors (Lipinski definition) is 1. The van der Waals surface area contributed by atoms with Crippen molar-refractivity contribution in [2.75, 3.05) is 4.90 Å². The number of benzene rings is 2. The highest BCUT2D eigenvalue weighted by Gasteiger charge is 2.47. The molecule has 2 heterocycles. The maximum absolute atomic E-state index is 13.0. The van der Waals surface area contributed by atoms with E-state index in [-0.39, 0.29) is 11.3 Å². The molecule has 2 aromatic carbocycles. The number of ketones is 1. The number of aliphatic hydroxyl groups excluding tert-OH is 1. The minimum absolute atomic E-state index is 0.0202. The molecule has 0 radical (unpaired) electrons. The lowest BCUT2D eigenvalue weighted by Crippen LogP contribution is -2.30. The third-order valence-electron chi connectivity index (χ3n) is 4.85. The minimum atomic E-state index is -0.816. The van der Waals surface area contributed by atoms with Crippen molar-refractivity contribution in [2.24, 2.45) is 0 Å². The Labute approximate surface area is 172 Å². The highest BCUT2D eigenvalue weighted by molar-refractivity contribution is 6.51. The summed E-state index contributed by atoms with van der Waals surface area (Å²) in [4.78, 5) is 31.4. The lowest BCUT2D eigenvalue weighted by molar-refractivity contribution is -0.132. The number of carbonyl (C=O) groups is 2. The third-order valence-corrected chi connectivity index (χ3v) is 5.10. The van der Waals surface area contributed by atoms with Gasteiger partial charge in [-0.2, -0.15) is 0 Å². The van der Waals surface area contributed by atoms with Crippen LogP contribution in [0, 0.1) is 6.92 Å². The van der Waals surface area contributed by atoms with Crippen LogP contribution in [-0.4, -0.2) is 21.8 Å². The van der Waals surface area contributed by atoms with Gasteiger partial charge in [-0.25, -0.2) is 4.98 Å². The van der Waals surface area contributed by atoms with Crippen LogP contribution in [0.3, 0.4) is 0 Å². The summed E-state index contributed by atoms with van der Waals surface area (Å²) in [6.07, 6.45) is 1.55. The Morgan fingerprint density at radius 3 is 2.31 bits per heavy atom. The van der Waals surface area contributed by atoms with Gasteiger partial charge in [0.1, 0.15) is 11.6 Å². The number of anilines is 1. The van der Waals surface area contributed by atoms with Gasteiger partial charge in [-0.15, -0.1) is 0 Å². The number of carbonyl (C=O) groups excluding carboxylic acids is 2. The van der Waals surface area contributed by atoms with E-state index in [1.165, 1.54) is 4.90 Å². The van der Waals surface area contributed by atoms with Gasteiger partial charge in [0.25, 0.3) is 5.78 Å². The van der Waals surface area contributed by atoms with Crippen molar-refractivity contribution >= 4 is 34.9 Å². The van der Waals surface area contributed by atoms with Crippen LogP contribution in [0.1, 0.15) is 22.7 Å². The van der Waals surface area contributed by atoms with Gasteiger partial charge in [0.2, 0.25) is 0 Å². The number of nitrogens with zero attached hydrogens (tertiary/aromatic N) is 2. The number of Topliss-reactive ketones (excluding diaryl/α,β-unsaturated/α-hetero) is 1. The molecule has 1 fully saturated rings. The van der Waals surface area contributed by atoms with Gasteiger partial charge < -0.3 is 5.11 Å². The summed E-state index contributed by atoms with van der Waals surface area (Å²) >= 11 is 6.02. The van der Waals surface area contributed by atoms with Crippen LogP contribution in [-0.2, 0) is 9.59 Å². The predicted molar refractivity (Wildman–Crippen MR) is 112 cm³/mol. The van der Waals surface area contributed by atoms with Crippen molar-refractivity contribution in [2.45, 2.75) is 13.0 Å². The molecule has 1 aromatic heterocycles. The average Bonchev–Trinajstić information content (AvgIpc) is 3.00. The normalized spacial score (nSPS) is 18.3. The predicted octanol–water partition coefficient (Wildman–Crippen LogP) is 4.67. The fourth-order valence-electron chi connectivity index (χ4n) is 3.39. The molecule has 4 rings (SSSR count). The van der Waals surface area contributed by atoms with Crippen LogP contribution >= 0.6 is 11.6 Å². The van der Waals surface area contributed by atoms with E-state index in [4.69, 9.17) is 11.6 Å². The summed E-state index contributed by atoms with van der Waals surface area (Å²) in [6.45, 7) is 1.93. The second-order valence-corrected chi connectivity index (χ2v) is 7.21. The monoisotopic (exact) mass is 404 g/mol. The molecule has 0 saturated carbocycles. The molecule has 1 saturated heterocycles. The number of rotatable bonds is 3. The van der Waals surface area contributed by atoms with Gasteiger partial charge in [0, 0.05) is 16.8 Å². The molecule has 0 bridgehead atoms. The standard InChI is InChI=1S/C23H17ClN2O3/c1-14-5-7-16(8-6-14)21(27)19-20(15-9-11-17(24)12-10-15)26(23(29)22(19)28)18-4-2-3-13-25-18/h2-13,20,27H,1H3. The second kappa shape index (κ2) is 7.53. The van der Waals surface area contributed by atoms with E-state index >= 15 is 0 Å². The topological polar surface area (TPSA) is 70.5 Å². The van der Waals surface area contributed by atoms with Crippen molar-refractivity contribution in [1.29, 1.82) is 0 Å². The highest BCUT2D eigenvalue weighted by atomic mass is 35.5. The van der Waals surface area contributed by atoms with E-state index < -0.39 is 17.7 Å². The van der Waals surface area contributed by atoms with E-state index in [0.717, 1.165) is 5.56 Å². The van der Waals surface area contributed by atoms with Crippen LogP contribution in [0.25, 0.3) is 5.76 Å². The van der Waals surface area contributed by atoms with E-state index in [1.807, 2.05) is 19.1 Å². The lowest BCUT2D eigenvalue weighted by Gasteiger charge is -2.24. The molecule has 1 amide bonds. The summed E-state index contributed by atoms with van der Waals surface area (Å²) in [5, 5.41) is 11.5. The number of pyridine rings is 1. The van der Waals surface area contributed by atoms with Crippen molar-refractivity contribution in [3.63, 3.8) is 0 Å². The van der Waals surface area contributed by atoms with Crippen LogP contribution in [0.2, 0.25) is 5.02 Å². The van der Waals surface area contributed by atoms with Gasteiger partial charge in [-0.1, -0.05) is 59.6 Å². The Balaban J connectivity index is 1.94. The maximum atomic E-state index is 13.0. The molecule has 144 valence electrons. The number of halogens is 1. The third kappa shape index (κ3) is 3.41. The van der Waals surface area contributed by atoms with Gasteiger partial charge in [0.15, 0.2) is 0 Å². The molecule has 6 heteroatoms. The number of aliphatic hydroxyl groups is 1. The molecule has 29 heavy (non-hydrogen) atoms. The second-order valence-electron chi connectivity index (χ2n) is 6.77. The maximum Gasteiger partial charge on any atom is 0.301 e. The Bertz CT molecular complexity index is 1110. The average molecular weight is 405 g/mol. The number of amides is 1. The molecular formula is C23H17ClN2O3. The molecule has 0 spiro atoms. The van der Waals surface area contributed by atoms with Crippen LogP contribution < -0.4 is 4.90 Å². The molecule has 1 atom stereocenters. The molecule has 1 unspecified atom stereocenters. The van der Waals surface area contributed by atoms with Gasteiger partial charge in [-0.05, 0) is 36.8 Å². The highest BCUT2D eigenvalue weighted by Crippen LogP contribution is 2.41. The first kappa shape index (κ1) is 18.9. The van der Waals surface area contributed by atoms with E-state index in [2.05, 4.69) is 4.98 Å². The Kier molecular flexibility index (Phi) is 4.91. The van der Waals surface area contributed by atoms with E-state index in [9.17, 15) is 14.7 Å². The number of hydrogen-bond acceptors (Lipinski definition) is 4. The SMILES string of the molecule is Cc1ccc(C(O)=C2C(=O)C(=O)N(c3ccccn3)C2c2ccc(Cl)cc2)cc1. The first-order valence-corrected chi connectivity index (χ1v) is 9.39. The molecule has 1 aliphatic heterocycles. The molecule has 1 aliphatic rings. The molecule has 1 N–H and O–H groups in total. The molecule has 5 nitrogen and oxygen atoms in total. The molecular weight excluding hydrogens is 388 g/mol. The van der Waals surface area contributed by atoms with Crippen molar-refractivity contribution in [3.8, 4) is 0 Å². The first-order chi connectivity index (χ1) is 14.0. The number of aromatic nitrogens is 1. The first-order valence-electron chi connectivity index (χ1n) is 9.02. The van der Waals surface area contributed by atoms with Gasteiger partial charge in [-0.3, -0.25) is 14.5 Å². The largest absolute Gasteiger partial charge is 0.507 e. The summed E-state index contributed by atoms with van der Waals surface area (Å²) in [7, 11) is 0.